The minimum atomic E-state index is -0.926. The summed E-state index contributed by atoms with van der Waals surface area (Å²) < 4.78 is 0. The third-order valence-electron chi connectivity index (χ3n) is 2.69. The fourth-order valence-electron chi connectivity index (χ4n) is 1.07. The van der Waals surface area contributed by atoms with E-state index in [-0.39, 0.29) is 62.8 Å². The molecule has 8 N–H and O–H groups in total. The Labute approximate surface area is 186 Å². The van der Waals surface area contributed by atoms with Crippen molar-refractivity contribution in [3.63, 3.8) is 0 Å². The summed E-state index contributed by atoms with van der Waals surface area (Å²) in [6.45, 7) is 2.27. The Morgan fingerprint density at radius 2 is 1.25 bits per heavy atom. The van der Waals surface area contributed by atoms with Crippen LogP contribution in [0.5, 0.6) is 0 Å². The summed E-state index contributed by atoms with van der Waals surface area (Å²) in [6, 6.07) is 0. The maximum atomic E-state index is 10.4. The largest absolute Gasteiger partial charge is 0.394 e. The molecule has 188 valence electrons. The molecule has 14 heteroatoms. The summed E-state index contributed by atoms with van der Waals surface area (Å²) in [5.74, 6) is -0.888. The normalized spacial score (nSPS) is 10.5. The van der Waals surface area contributed by atoms with Gasteiger partial charge in [0.2, 0.25) is 23.6 Å². The van der Waals surface area contributed by atoms with Gasteiger partial charge in [-0.1, -0.05) is 0 Å². The van der Waals surface area contributed by atoms with Gasteiger partial charge in [0.25, 0.3) is 0 Å². The maximum absolute atomic E-state index is 10.4. The van der Waals surface area contributed by atoms with Crippen molar-refractivity contribution >= 4 is 36.2 Å². The summed E-state index contributed by atoms with van der Waals surface area (Å²) >= 11 is 0. The predicted molar refractivity (Wildman–Crippen MR) is 113 cm³/mol. The number of rotatable bonds is 10. The van der Waals surface area contributed by atoms with Crippen LogP contribution in [0.1, 0.15) is 26.7 Å². The molecule has 0 aromatic heterocycles. The zero-order valence-electron chi connectivity index (χ0n) is 18.8. The molecule has 32 heavy (non-hydrogen) atoms. The van der Waals surface area contributed by atoms with Crippen molar-refractivity contribution in [1.29, 1.82) is 0 Å². The molecule has 0 heterocycles. The first-order chi connectivity index (χ1) is 14.9. The number of aldehydes is 2. The molecule has 0 saturated heterocycles. The van der Waals surface area contributed by atoms with Gasteiger partial charge in [0.1, 0.15) is 12.6 Å². The van der Waals surface area contributed by atoms with Crippen LogP contribution in [0.4, 0.5) is 0 Å². The molecular formula is C18H36N4O10. The van der Waals surface area contributed by atoms with Crippen LogP contribution in [-0.4, -0.2) is 109 Å². The van der Waals surface area contributed by atoms with E-state index in [2.05, 4.69) is 21.3 Å². The average Bonchev–Trinajstić information content (AvgIpc) is 2.76. The lowest BCUT2D eigenvalue weighted by Gasteiger charge is -2.05. The summed E-state index contributed by atoms with van der Waals surface area (Å²) in [7, 11) is 2.97. The molecule has 0 spiro atoms. The van der Waals surface area contributed by atoms with Crippen LogP contribution < -0.4 is 21.3 Å². The highest BCUT2D eigenvalue weighted by Gasteiger charge is 2.06. The van der Waals surface area contributed by atoms with E-state index in [4.69, 9.17) is 20.4 Å². The van der Waals surface area contributed by atoms with Gasteiger partial charge in [-0.25, -0.2) is 0 Å². The molecule has 2 unspecified atom stereocenters. The molecule has 4 amide bonds. The van der Waals surface area contributed by atoms with Crippen molar-refractivity contribution in [2.24, 2.45) is 0 Å². The highest BCUT2D eigenvalue weighted by Crippen LogP contribution is 1.87. The Bertz CT molecular complexity index is 532. The van der Waals surface area contributed by atoms with Crippen molar-refractivity contribution in [1.82, 2.24) is 21.3 Å². The maximum Gasteiger partial charge on any atom is 0.226 e. The van der Waals surface area contributed by atoms with E-state index in [1.807, 2.05) is 0 Å². The summed E-state index contributed by atoms with van der Waals surface area (Å²) in [4.78, 5) is 59.6. The molecule has 0 aliphatic rings. The minimum absolute atomic E-state index is 0.0312. The smallest absolute Gasteiger partial charge is 0.226 e. The molecular weight excluding hydrogens is 432 g/mol. The van der Waals surface area contributed by atoms with E-state index >= 15 is 0 Å². The van der Waals surface area contributed by atoms with Crippen molar-refractivity contribution in [3.05, 3.63) is 0 Å². The van der Waals surface area contributed by atoms with Crippen LogP contribution >= 0.6 is 0 Å². The number of carbonyl (C=O) groups is 6. The Hall–Kier alpha value is -2.94. The quantitative estimate of drug-likeness (QED) is 0.113. The first-order valence-corrected chi connectivity index (χ1v) is 9.30. The molecule has 0 aliphatic carbocycles. The van der Waals surface area contributed by atoms with E-state index in [1.54, 1.807) is 0 Å². The fourth-order valence-corrected chi connectivity index (χ4v) is 1.07. The van der Waals surface area contributed by atoms with E-state index in [0.717, 1.165) is 0 Å². The van der Waals surface area contributed by atoms with E-state index in [1.165, 1.54) is 27.9 Å². The zero-order chi connectivity index (χ0) is 25.9. The number of amides is 4. The Balaban J connectivity index is -0.000000165. The molecule has 0 bridgehead atoms. The Morgan fingerprint density at radius 1 is 0.781 bits per heavy atom. The molecule has 0 saturated carbocycles. The number of hydrogen-bond acceptors (Lipinski definition) is 10. The second-order valence-corrected chi connectivity index (χ2v) is 5.63. The van der Waals surface area contributed by atoms with Crippen molar-refractivity contribution in [3.8, 4) is 0 Å². The first kappa shape index (κ1) is 36.4. The number of carbonyl (C=O) groups excluding carboxylic acids is 6. The first-order valence-electron chi connectivity index (χ1n) is 9.30. The second kappa shape index (κ2) is 28.1. The van der Waals surface area contributed by atoms with E-state index in [9.17, 15) is 28.8 Å². The lowest BCUT2D eigenvalue weighted by molar-refractivity contribution is -0.124. The monoisotopic (exact) mass is 468 g/mol. The third kappa shape index (κ3) is 41.4. The van der Waals surface area contributed by atoms with Crippen LogP contribution in [0.15, 0.2) is 0 Å². The second-order valence-electron chi connectivity index (χ2n) is 5.63. The van der Waals surface area contributed by atoms with Crippen LogP contribution in [0.3, 0.4) is 0 Å². The summed E-state index contributed by atoms with van der Waals surface area (Å²) in [5, 5.41) is 43.0. The fraction of sp³-hybridized carbons (Fsp3) is 0.667. The van der Waals surface area contributed by atoms with Gasteiger partial charge in [-0.2, -0.15) is 0 Å². The van der Waals surface area contributed by atoms with Gasteiger partial charge >= 0.3 is 0 Å². The SMILES string of the molecule is CC(=O)NCC(O)CO.CC(=O)NCC=O.CNC(=O)CC(O)CO.CNC(=O)CC=O. The number of nitrogens with one attached hydrogen (secondary N) is 4. The molecule has 0 aromatic rings. The summed E-state index contributed by atoms with van der Waals surface area (Å²) in [6.07, 6.45) is -0.622. The Morgan fingerprint density at radius 3 is 1.50 bits per heavy atom. The standard InChI is InChI=1S/2C5H11NO3.2C4H7NO2/c1-6-5(9)2-4(8)3-7;1-4(8)6-2-5(9)3-7;1-5-4(7)2-3-6;1-4(7)5-2-3-6/h4,7-8H,2-3H2,1H3,(H,6,9);5,7,9H,2-3H2,1H3,(H,6,8);2*3H,2H2,1H3,(H,5,7). The van der Waals surface area contributed by atoms with Crippen LogP contribution in [0, 0.1) is 0 Å². The van der Waals surface area contributed by atoms with Crippen LogP contribution in [-0.2, 0) is 28.8 Å². The molecule has 0 rings (SSSR count). The van der Waals surface area contributed by atoms with Gasteiger partial charge in [-0.05, 0) is 0 Å². The summed E-state index contributed by atoms with van der Waals surface area (Å²) in [5.41, 5.74) is 0. The molecule has 0 aliphatic heterocycles. The van der Waals surface area contributed by atoms with Crippen molar-refractivity contribution in [2.45, 2.75) is 38.9 Å². The third-order valence-corrected chi connectivity index (χ3v) is 2.69. The topological polar surface area (TPSA) is 231 Å². The van der Waals surface area contributed by atoms with E-state index in [0.29, 0.717) is 12.6 Å². The predicted octanol–water partition coefficient (Wildman–Crippen LogP) is -4.41. The highest BCUT2D eigenvalue weighted by molar-refractivity contribution is 5.87. The van der Waals surface area contributed by atoms with Crippen LogP contribution in [0.2, 0.25) is 0 Å². The molecule has 0 aromatic carbocycles. The molecule has 0 fully saturated rings. The number of hydrogen-bond donors (Lipinski definition) is 8. The van der Waals surface area contributed by atoms with Gasteiger partial charge in [-0.15, -0.1) is 0 Å². The lowest BCUT2D eigenvalue weighted by Crippen LogP contribution is -2.32. The number of aliphatic hydroxyl groups is 4. The highest BCUT2D eigenvalue weighted by atomic mass is 16.3. The van der Waals surface area contributed by atoms with Crippen molar-refractivity contribution in [2.75, 3.05) is 40.4 Å². The van der Waals surface area contributed by atoms with Gasteiger partial charge in [0, 0.05) is 34.5 Å². The molecule has 14 nitrogen and oxygen atoms in total. The van der Waals surface area contributed by atoms with E-state index < -0.39 is 12.2 Å². The van der Waals surface area contributed by atoms with Gasteiger partial charge in [0.15, 0.2) is 0 Å². The van der Waals surface area contributed by atoms with Gasteiger partial charge < -0.3 is 51.3 Å². The molecule has 2 atom stereocenters. The lowest BCUT2D eigenvalue weighted by atomic mass is 10.2. The van der Waals surface area contributed by atoms with Gasteiger partial charge in [0.05, 0.1) is 44.8 Å². The van der Waals surface area contributed by atoms with Gasteiger partial charge in [-0.3, -0.25) is 19.2 Å². The van der Waals surface area contributed by atoms with Crippen LogP contribution in [0.25, 0.3) is 0 Å². The minimum Gasteiger partial charge on any atom is -0.394 e. The Kier molecular flexibility index (Phi) is 31.9. The zero-order valence-corrected chi connectivity index (χ0v) is 18.8. The van der Waals surface area contributed by atoms with Crippen molar-refractivity contribution < 1.29 is 49.2 Å². The molecule has 0 radical (unpaired) electrons. The average molecular weight is 469 g/mol. The number of aliphatic hydroxyl groups excluding tert-OH is 4.